The van der Waals surface area contributed by atoms with Gasteiger partial charge in [-0.15, -0.1) is 0 Å². The van der Waals surface area contributed by atoms with Gasteiger partial charge in [-0.05, 0) is 146 Å². The Morgan fingerprint density at radius 3 is 1.60 bits per heavy atom. The van der Waals surface area contributed by atoms with Crippen LogP contribution in [0.3, 0.4) is 0 Å². The summed E-state index contributed by atoms with van der Waals surface area (Å²) in [7, 11) is 0. The summed E-state index contributed by atoms with van der Waals surface area (Å²) >= 11 is 0. The van der Waals surface area contributed by atoms with Crippen molar-refractivity contribution in [1.29, 1.82) is 0 Å². The molecule has 3 heteroatoms. The molecule has 43 heavy (non-hydrogen) atoms. The predicted octanol–water partition coefficient (Wildman–Crippen LogP) is 10.4. The number of benzene rings is 3. The monoisotopic (exact) mass is 582 g/mol. The zero-order valence-electron chi connectivity index (χ0n) is 27.0. The maximum absolute atomic E-state index is 10.7. The molecule has 3 aromatic rings. The van der Waals surface area contributed by atoms with Crippen LogP contribution in [0.1, 0.15) is 126 Å². The van der Waals surface area contributed by atoms with Gasteiger partial charge in [0.1, 0.15) is 17.2 Å². The minimum absolute atomic E-state index is 0.145. The van der Waals surface area contributed by atoms with Gasteiger partial charge in [0.15, 0.2) is 0 Å². The molecule has 0 amide bonds. The molecule has 0 atom stereocenters. The molecule has 5 rings (SSSR count). The molecule has 3 N–H and O–H groups in total. The number of phenolic OH excluding ortho intramolecular Hbond substituents is 3. The fourth-order valence-electron chi connectivity index (χ4n) is 8.93. The summed E-state index contributed by atoms with van der Waals surface area (Å²) in [6, 6.07) is 20.9. The molecule has 0 spiro atoms. The van der Waals surface area contributed by atoms with Crippen molar-refractivity contribution in [2.24, 2.45) is 17.8 Å². The highest BCUT2D eigenvalue weighted by Gasteiger charge is 2.48. The van der Waals surface area contributed by atoms with Crippen LogP contribution in [0.25, 0.3) is 0 Å². The van der Waals surface area contributed by atoms with Gasteiger partial charge in [-0.2, -0.15) is 0 Å². The average molecular weight is 583 g/mol. The Kier molecular flexibility index (Phi) is 9.79. The van der Waals surface area contributed by atoms with E-state index in [4.69, 9.17) is 0 Å². The number of aryl methyl sites for hydroxylation is 2. The summed E-state index contributed by atoms with van der Waals surface area (Å²) in [5.74, 6) is 3.29. The summed E-state index contributed by atoms with van der Waals surface area (Å²) in [5, 5.41) is 31.5. The summed E-state index contributed by atoms with van der Waals surface area (Å²) in [5.41, 5.74) is 6.11. The molecule has 232 valence electrons. The van der Waals surface area contributed by atoms with Gasteiger partial charge in [-0.1, -0.05) is 76.9 Å². The van der Waals surface area contributed by atoms with Gasteiger partial charge < -0.3 is 15.3 Å². The van der Waals surface area contributed by atoms with Crippen molar-refractivity contribution in [1.82, 2.24) is 0 Å². The molecule has 3 aromatic carbocycles. The maximum Gasteiger partial charge on any atom is 0.118 e. The van der Waals surface area contributed by atoms with E-state index in [1.54, 1.807) is 0 Å². The topological polar surface area (TPSA) is 60.7 Å². The first kappa shape index (κ1) is 31.5. The van der Waals surface area contributed by atoms with Crippen LogP contribution in [0.15, 0.2) is 60.7 Å². The van der Waals surface area contributed by atoms with Crippen molar-refractivity contribution in [3.63, 3.8) is 0 Å². The molecule has 2 aliphatic rings. The average Bonchev–Trinajstić information content (AvgIpc) is 3.00. The molecular formula is C40H54O3. The number of phenols is 3. The van der Waals surface area contributed by atoms with Crippen LogP contribution in [-0.4, -0.2) is 15.3 Å². The van der Waals surface area contributed by atoms with E-state index in [1.165, 1.54) is 48.8 Å². The molecule has 2 aliphatic carbocycles. The smallest absolute Gasteiger partial charge is 0.118 e. The quantitative estimate of drug-likeness (QED) is 0.223. The first-order valence-corrected chi connectivity index (χ1v) is 17.1. The largest absolute Gasteiger partial charge is 0.508 e. The zero-order chi connectivity index (χ0) is 30.6. The van der Waals surface area contributed by atoms with Crippen molar-refractivity contribution in [2.45, 2.75) is 122 Å². The normalized spacial score (nSPS) is 22.6. The first-order chi connectivity index (χ1) is 20.7. The van der Waals surface area contributed by atoms with E-state index in [0.717, 1.165) is 74.3 Å². The third kappa shape index (κ3) is 6.47. The minimum atomic E-state index is -0.145. The lowest BCUT2D eigenvalue weighted by atomic mass is 9.53. The molecule has 2 fully saturated rings. The summed E-state index contributed by atoms with van der Waals surface area (Å²) in [4.78, 5) is 0. The molecule has 0 heterocycles. The highest BCUT2D eigenvalue weighted by molar-refractivity contribution is 5.49. The standard InChI is InChI=1S/C40H54O3/c1-5-7-30-26-34(11-15-37(30)42)40(35-12-16-38(43)31(27-35)8-6-2)23-19-33(20-24-40)39(32-9-13-36(41)14-10-32)21-17-29(18-22-39)25-28(3)4/h9-16,26-29,33,41-43H,5-8,17-25H2,1-4H3. The van der Waals surface area contributed by atoms with Crippen LogP contribution in [0.5, 0.6) is 17.2 Å². The summed E-state index contributed by atoms with van der Waals surface area (Å²) < 4.78 is 0. The van der Waals surface area contributed by atoms with E-state index in [0.29, 0.717) is 23.2 Å². The van der Waals surface area contributed by atoms with Crippen LogP contribution >= 0.6 is 0 Å². The molecule has 0 radical (unpaired) electrons. The highest BCUT2D eigenvalue weighted by atomic mass is 16.3. The second-order valence-corrected chi connectivity index (χ2v) is 14.3. The lowest BCUT2D eigenvalue weighted by molar-refractivity contribution is 0.100. The van der Waals surface area contributed by atoms with Gasteiger partial charge in [0.2, 0.25) is 0 Å². The van der Waals surface area contributed by atoms with Gasteiger partial charge in [-0.3, -0.25) is 0 Å². The van der Waals surface area contributed by atoms with Crippen molar-refractivity contribution in [3.05, 3.63) is 88.5 Å². The SMILES string of the molecule is CCCc1cc(C2(c3ccc(O)c(CCC)c3)CCC(C3(c4ccc(O)cc4)CCC(CC(C)C)CC3)CC2)ccc1O. The van der Waals surface area contributed by atoms with Crippen molar-refractivity contribution in [3.8, 4) is 17.2 Å². The van der Waals surface area contributed by atoms with Gasteiger partial charge in [0, 0.05) is 5.41 Å². The Labute approximate surface area is 260 Å². The van der Waals surface area contributed by atoms with Crippen molar-refractivity contribution < 1.29 is 15.3 Å². The Bertz CT molecular complexity index is 1280. The highest BCUT2D eigenvalue weighted by Crippen LogP contribution is 2.56. The lowest BCUT2D eigenvalue weighted by Gasteiger charge is -2.51. The van der Waals surface area contributed by atoms with Crippen LogP contribution in [0, 0.1) is 17.8 Å². The molecule has 2 saturated carbocycles. The number of hydrogen-bond donors (Lipinski definition) is 3. The molecule has 3 nitrogen and oxygen atoms in total. The van der Waals surface area contributed by atoms with E-state index in [2.05, 4.69) is 64.1 Å². The van der Waals surface area contributed by atoms with Crippen molar-refractivity contribution in [2.75, 3.05) is 0 Å². The number of aromatic hydroxyl groups is 3. The van der Waals surface area contributed by atoms with E-state index in [9.17, 15) is 15.3 Å². The van der Waals surface area contributed by atoms with E-state index < -0.39 is 0 Å². The molecular weight excluding hydrogens is 528 g/mol. The molecule has 0 aliphatic heterocycles. The maximum atomic E-state index is 10.7. The molecule has 0 bridgehead atoms. The minimum Gasteiger partial charge on any atom is -0.508 e. The number of rotatable bonds is 10. The summed E-state index contributed by atoms with van der Waals surface area (Å²) in [6.45, 7) is 9.05. The molecule has 0 unspecified atom stereocenters. The van der Waals surface area contributed by atoms with Crippen LogP contribution < -0.4 is 0 Å². The van der Waals surface area contributed by atoms with Gasteiger partial charge in [0.05, 0.1) is 0 Å². The fraction of sp³-hybridized carbons (Fsp3) is 0.550. The predicted molar refractivity (Wildman–Crippen MR) is 178 cm³/mol. The number of hydrogen-bond acceptors (Lipinski definition) is 3. The summed E-state index contributed by atoms with van der Waals surface area (Å²) in [6.07, 6.45) is 14.5. The van der Waals surface area contributed by atoms with E-state index in [-0.39, 0.29) is 10.8 Å². The van der Waals surface area contributed by atoms with Crippen LogP contribution in [0.4, 0.5) is 0 Å². The van der Waals surface area contributed by atoms with Gasteiger partial charge in [0.25, 0.3) is 0 Å². The Balaban J connectivity index is 1.52. The zero-order valence-corrected chi connectivity index (χ0v) is 27.0. The van der Waals surface area contributed by atoms with E-state index in [1.807, 2.05) is 24.3 Å². The third-order valence-electron chi connectivity index (χ3n) is 11.2. The van der Waals surface area contributed by atoms with Gasteiger partial charge >= 0.3 is 0 Å². The Hall–Kier alpha value is -2.94. The Morgan fingerprint density at radius 1 is 0.651 bits per heavy atom. The third-order valence-corrected chi connectivity index (χ3v) is 11.2. The van der Waals surface area contributed by atoms with Crippen LogP contribution in [-0.2, 0) is 23.7 Å². The second kappa shape index (κ2) is 13.4. The van der Waals surface area contributed by atoms with Crippen LogP contribution in [0.2, 0.25) is 0 Å². The molecule has 0 aromatic heterocycles. The van der Waals surface area contributed by atoms with Gasteiger partial charge in [-0.25, -0.2) is 0 Å². The van der Waals surface area contributed by atoms with E-state index >= 15 is 0 Å². The van der Waals surface area contributed by atoms with Crippen molar-refractivity contribution >= 4 is 0 Å². The second-order valence-electron chi connectivity index (χ2n) is 14.3. The Morgan fingerprint density at radius 2 is 1.14 bits per heavy atom. The lowest BCUT2D eigenvalue weighted by Crippen LogP contribution is -2.44. The fourth-order valence-corrected chi connectivity index (χ4v) is 8.93. The first-order valence-electron chi connectivity index (χ1n) is 17.1. The molecule has 0 saturated heterocycles.